The van der Waals surface area contributed by atoms with Crippen LogP contribution in [-0.4, -0.2) is 50.8 Å². The smallest absolute Gasteiger partial charge is 0.416 e. The molecule has 2 heterocycles. The number of halogens is 4. The first-order chi connectivity index (χ1) is 18.5. The molecule has 0 N–H and O–H groups in total. The van der Waals surface area contributed by atoms with E-state index in [1.54, 1.807) is 6.92 Å². The Labute approximate surface area is 219 Å². The molecule has 39 heavy (non-hydrogen) atoms. The number of likely N-dealkylation sites (tertiary alicyclic amines) is 1. The fourth-order valence-corrected chi connectivity index (χ4v) is 4.36. The summed E-state index contributed by atoms with van der Waals surface area (Å²) in [7, 11) is 0. The molecule has 3 aromatic rings. The van der Waals surface area contributed by atoms with Crippen LogP contribution in [-0.2, 0) is 22.3 Å². The highest BCUT2D eigenvalue weighted by molar-refractivity contribution is 5.92. The molecule has 0 radical (unpaired) electrons. The number of aromatic nitrogens is 3. The summed E-state index contributed by atoms with van der Waals surface area (Å²) < 4.78 is 60.5. The third-order valence-electron chi connectivity index (χ3n) is 6.27. The van der Waals surface area contributed by atoms with Crippen molar-refractivity contribution in [1.29, 1.82) is 0 Å². The van der Waals surface area contributed by atoms with Gasteiger partial charge in [-0.2, -0.15) is 23.0 Å². The minimum absolute atomic E-state index is 0.0472. The van der Waals surface area contributed by atoms with Crippen LogP contribution in [0.4, 0.5) is 17.6 Å². The zero-order valence-electron chi connectivity index (χ0n) is 20.8. The van der Waals surface area contributed by atoms with Gasteiger partial charge in [-0.25, -0.2) is 9.18 Å². The van der Waals surface area contributed by atoms with E-state index >= 15 is 0 Å². The van der Waals surface area contributed by atoms with Crippen molar-refractivity contribution in [3.8, 4) is 5.69 Å². The second-order valence-corrected chi connectivity index (χ2v) is 8.93. The summed E-state index contributed by atoms with van der Waals surface area (Å²) in [5.74, 6) is -2.92. The summed E-state index contributed by atoms with van der Waals surface area (Å²) in [5.41, 5.74) is -4.46. The SMILES string of the molecule is CCOC(=O)[C@@H]1CCCN(C(=O)c2nn(-c3ccccc3F)c(=O)n(Cc3cccc(C(F)(F)F)c3)c2=O)C1. The number of carbonyl (C=O) groups excluding carboxylic acids is 2. The minimum Gasteiger partial charge on any atom is -0.466 e. The predicted octanol–water partition coefficient (Wildman–Crippen LogP) is 3.02. The number of para-hydroxylation sites is 1. The van der Waals surface area contributed by atoms with Crippen LogP contribution in [0.5, 0.6) is 0 Å². The van der Waals surface area contributed by atoms with Gasteiger partial charge in [-0.05, 0) is 49.6 Å². The predicted molar refractivity (Wildman–Crippen MR) is 130 cm³/mol. The molecule has 1 amide bonds. The van der Waals surface area contributed by atoms with E-state index in [-0.39, 0.29) is 30.9 Å². The van der Waals surface area contributed by atoms with Gasteiger partial charge in [0.2, 0.25) is 5.69 Å². The van der Waals surface area contributed by atoms with Gasteiger partial charge in [0, 0.05) is 13.1 Å². The van der Waals surface area contributed by atoms with Crippen LogP contribution < -0.4 is 11.2 Å². The van der Waals surface area contributed by atoms with Gasteiger partial charge in [0.05, 0.1) is 24.6 Å². The molecular weight excluding hydrogens is 524 g/mol. The number of hydrogen-bond acceptors (Lipinski definition) is 6. The monoisotopic (exact) mass is 548 g/mol. The first-order valence-corrected chi connectivity index (χ1v) is 12.1. The van der Waals surface area contributed by atoms with Crippen molar-refractivity contribution in [2.45, 2.75) is 32.5 Å². The number of amides is 1. The van der Waals surface area contributed by atoms with Gasteiger partial charge in [-0.3, -0.25) is 19.0 Å². The highest BCUT2D eigenvalue weighted by Gasteiger charge is 2.33. The summed E-state index contributed by atoms with van der Waals surface area (Å²) in [4.78, 5) is 53.6. The normalized spacial score (nSPS) is 15.7. The first kappa shape index (κ1) is 27.7. The van der Waals surface area contributed by atoms with Crippen molar-refractivity contribution in [2.24, 2.45) is 5.92 Å². The van der Waals surface area contributed by atoms with E-state index in [1.807, 2.05) is 0 Å². The molecule has 0 unspecified atom stereocenters. The molecule has 1 aliphatic rings. The van der Waals surface area contributed by atoms with E-state index in [4.69, 9.17) is 4.74 Å². The molecule has 4 rings (SSSR count). The molecule has 0 saturated carbocycles. The zero-order valence-corrected chi connectivity index (χ0v) is 20.8. The largest absolute Gasteiger partial charge is 0.466 e. The van der Waals surface area contributed by atoms with Crippen LogP contribution in [0.15, 0.2) is 58.1 Å². The molecule has 0 aliphatic carbocycles. The number of rotatable bonds is 6. The number of esters is 1. The molecular formula is C26H24F4N4O5. The Balaban J connectivity index is 1.81. The summed E-state index contributed by atoms with van der Waals surface area (Å²) in [6.07, 6.45) is -3.78. The maximum absolute atomic E-state index is 14.6. The first-order valence-electron chi connectivity index (χ1n) is 12.1. The van der Waals surface area contributed by atoms with Crippen LogP contribution in [0.25, 0.3) is 5.69 Å². The Morgan fingerprint density at radius 3 is 2.54 bits per heavy atom. The molecule has 1 saturated heterocycles. The molecule has 9 nitrogen and oxygen atoms in total. The lowest BCUT2D eigenvalue weighted by atomic mass is 9.98. The van der Waals surface area contributed by atoms with Gasteiger partial charge >= 0.3 is 17.8 Å². The van der Waals surface area contributed by atoms with Gasteiger partial charge in [0.15, 0.2) is 0 Å². The Morgan fingerprint density at radius 2 is 1.85 bits per heavy atom. The van der Waals surface area contributed by atoms with Gasteiger partial charge < -0.3 is 9.64 Å². The van der Waals surface area contributed by atoms with Gasteiger partial charge in [0.25, 0.3) is 11.5 Å². The molecule has 1 aliphatic heterocycles. The number of benzene rings is 2. The van der Waals surface area contributed by atoms with Gasteiger partial charge in [-0.1, -0.05) is 24.3 Å². The standard InChI is InChI=1S/C26H24F4N4O5/c1-2-39-24(37)17-8-6-12-32(15-17)22(35)21-23(36)33(14-16-7-5-9-18(13-16)26(28,29)30)25(38)34(31-21)20-11-4-3-10-19(20)27/h3-5,7,9-11,13,17H,2,6,8,12,14-15H2,1H3/t17-/m1/s1. The average molecular weight is 548 g/mol. The lowest BCUT2D eigenvalue weighted by molar-refractivity contribution is -0.149. The van der Waals surface area contributed by atoms with E-state index in [0.29, 0.717) is 22.1 Å². The molecule has 0 bridgehead atoms. The molecule has 1 aromatic heterocycles. The van der Waals surface area contributed by atoms with E-state index in [2.05, 4.69) is 5.10 Å². The lowest BCUT2D eigenvalue weighted by Gasteiger charge is -2.31. The summed E-state index contributed by atoms with van der Waals surface area (Å²) in [6.45, 7) is 1.28. The third-order valence-corrected chi connectivity index (χ3v) is 6.27. The van der Waals surface area contributed by atoms with E-state index in [0.717, 1.165) is 24.3 Å². The van der Waals surface area contributed by atoms with Crippen molar-refractivity contribution in [1.82, 2.24) is 19.2 Å². The van der Waals surface area contributed by atoms with Crippen LogP contribution in [0.2, 0.25) is 0 Å². The minimum atomic E-state index is -4.67. The Morgan fingerprint density at radius 1 is 1.10 bits per heavy atom. The third kappa shape index (κ3) is 5.91. The number of hydrogen-bond donors (Lipinski definition) is 0. The van der Waals surface area contributed by atoms with Crippen LogP contribution in [0, 0.1) is 11.7 Å². The maximum Gasteiger partial charge on any atom is 0.416 e. The lowest BCUT2D eigenvalue weighted by Crippen LogP contribution is -2.49. The molecule has 206 valence electrons. The fourth-order valence-electron chi connectivity index (χ4n) is 4.36. The zero-order chi connectivity index (χ0) is 28.3. The summed E-state index contributed by atoms with van der Waals surface area (Å²) in [6, 6.07) is 9.02. The summed E-state index contributed by atoms with van der Waals surface area (Å²) >= 11 is 0. The number of ether oxygens (including phenoxy) is 1. The van der Waals surface area contributed by atoms with Crippen LogP contribution >= 0.6 is 0 Å². The second-order valence-electron chi connectivity index (χ2n) is 8.93. The van der Waals surface area contributed by atoms with E-state index in [9.17, 15) is 36.7 Å². The Bertz CT molecular complexity index is 1520. The van der Waals surface area contributed by atoms with Crippen molar-refractivity contribution in [2.75, 3.05) is 19.7 Å². The molecule has 2 aromatic carbocycles. The highest BCUT2D eigenvalue weighted by atomic mass is 19.4. The molecule has 0 spiro atoms. The van der Waals surface area contributed by atoms with Gasteiger partial charge in [-0.15, -0.1) is 0 Å². The Kier molecular flexibility index (Phi) is 7.98. The topological polar surface area (TPSA) is 104 Å². The maximum atomic E-state index is 14.6. The van der Waals surface area contributed by atoms with Crippen LogP contribution in [0.1, 0.15) is 41.4 Å². The molecule has 1 fully saturated rings. The quantitative estimate of drug-likeness (QED) is 0.347. The number of alkyl halides is 3. The van der Waals surface area contributed by atoms with Gasteiger partial charge in [0.1, 0.15) is 11.5 Å². The second kappa shape index (κ2) is 11.2. The number of piperidine rings is 1. The summed E-state index contributed by atoms with van der Waals surface area (Å²) in [5, 5.41) is 3.89. The Hall–Kier alpha value is -4.29. The van der Waals surface area contributed by atoms with Crippen molar-refractivity contribution < 1.29 is 31.9 Å². The highest BCUT2D eigenvalue weighted by Crippen LogP contribution is 2.29. The fraction of sp³-hybridized carbons (Fsp3) is 0.346. The van der Waals surface area contributed by atoms with Crippen molar-refractivity contribution in [3.63, 3.8) is 0 Å². The number of nitrogens with zero attached hydrogens (tertiary/aromatic N) is 4. The molecule has 13 heteroatoms. The van der Waals surface area contributed by atoms with E-state index < -0.39 is 58.8 Å². The number of carbonyl (C=O) groups is 2. The van der Waals surface area contributed by atoms with Crippen molar-refractivity contribution in [3.05, 3.63) is 92.0 Å². The van der Waals surface area contributed by atoms with E-state index in [1.165, 1.54) is 29.2 Å². The molecule has 1 atom stereocenters. The van der Waals surface area contributed by atoms with Crippen LogP contribution in [0.3, 0.4) is 0 Å². The average Bonchev–Trinajstić information content (AvgIpc) is 2.91. The van der Waals surface area contributed by atoms with Crippen molar-refractivity contribution >= 4 is 11.9 Å².